The number of carbonyl (C=O) groups is 3. The number of ketones is 1. The summed E-state index contributed by atoms with van der Waals surface area (Å²) in [6.45, 7) is 1.44. The van der Waals surface area contributed by atoms with E-state index in [0.717, 1.165) is 42.8 Å². The van der Waals surface area contributed by atoms with Gasteiger partial charge in [0.25, 0.3) is 5.91 Å². The molecule has 3 rings (SSSR count). The van der Waals surface area contributed by atoms with Crippen molar-refractivity contribution in [2.45, 2.75) is 37.9 Å². The Balaban J connectivity index is 1.70. The van der Waals surface area contributed by atoms with Crippen molar-refractivity contribution in [1.29, 1.82) is 0 Å². The van der Waals surface area contributed by atoms with E-state index in [1.165, 1.54) is 23.3 Å². The summed E-state index contributed by atoms with van der Waals surface area (Å²) in [5.41, 5.74) is 3.17. The van der Waals surface area contributed by atoms with Gasteiger partial charge in [-0.1, -0.05) is 29.8 Å². The minimum absolute atomic E-state index is 0.00643. The van der Waals surface area contributed by atoms with E-state index in [4.69, 9.17) is 11.6 Å². The van der Waals surface area contributed by atoms with E-state index in [1.54, 1.807) is 5.32 Å². The average molecular weight is 516 g/mol. The fraction of sp³-hybridized carbons (Fsp3) is 0.435. The van der Waals surface area contributed by atoms with Crippen LogP contribution >= 0.6 is 22.9 Å². The van der Waals surface area contributed by atoms with Gasteiger partial charge in [-0.3, -0.25) is 14.4 Å². The highest BCUT2D eigenvalue weighted by Gasteiger charge is 2.38. The molecule has 1 aromatic heterocycles. The Morgan fingerprint density at radius 2 is 1.82 bits per heavy atom. The molecule has 1 atom stereocenters. The summed E-state index contributed by atoms with van der Waals surface area (Å²) in [6.07, 6.45) is -3.42. The fourth-order valence-corrected chi connectivity index (χ4v) is 4.68. The second kappa shape index (κ2) is 11.3. The van der Waals surface area contributed by atoms with E-state index in [0.29, 0.717) is 4.34 Å². The number of amides is 2. The summed E-state index contributed by atoms with van der Waals surface area (Å²) in [5.74, 6) is -3.00. The zero-order valence-corrected chi connectivity index (χ0v) is 20.1. The summed E-state index contributed by atoms with van der Waals surface area (Å²) in [7, 11) is 2.06. The second-order valence-corrected chi connectivity index (χ2v) is 9.94. The number of carbonyl (C=O) groups excluding carboxylic acids is 3. The number of nitrogens with zero attached hydrogens (tertiary/aromatic N) is 1. The summed E-state index contributed by atoms with van der Waals surface area (Å²) in [4.78, 5) is 39.3. The van der Waals surface area contributed by atoms with E-state index in [-0.39, 0.29) is 23.5 Å². The van der Waals surface area contributed by atoms with Crippen LogP contribution in [0.15, 0.2) is 30.3 Å². The van der Waals surface area contributed by atoms with Crippen molar-refractivity contribution in [2.75, 3.05) is 26.7 Å². The molecule has 11 heteroatoms. The van der Waals surface area contributed by atoms with Crippen LogP contribution in [-0.2, 0) is 28.9 Å². The normalized spacial score (nSPS) is 15.2. The van der Waals surface area contributed by atoms with E-state index in [9.17, 15) is 27.6 Å². The molecule has 34 heavy (non-hydrogen) atoms. The quantitative estimate of drug-likeness (QED) is 0.565. The first-order valence-electron chi connectivity index (χ1n) is 10.8. The third-order valence-electron chi connectivity index (χ3n) is 5.64. The summed E-state index contributed by atoms with van der Waals surface area (Å²) in [5, 5.41) is 4.33. The van der Waals surface area contributed by atoms with Crippen molar-refractivity contribution in [1.82, 2.24) is 15.5 Å². The molecule has 2 amide bonds. The van der Waals surface area contributed by atoms with Crippen LogP contribution in [0.5, 0.6) is 0 Å². The number of fused-ring (bicyclic) bond motifs is 1. The fourth-order valence-electron chi connectivity index (χ4n) is 3.73. The monoisotopic (exact) mass is 515 g/mol. The Bertz CT molecular complexity index is 1060. The molecule has 1 aliphatic rings. The number of hydrogen-bond donors (Lipinski definition) is 2. The largest absolute Gasteiger partial charge is 0.471 e. The highest BCUT2D eigenvalue weighted by Crippen LogP contribution is 2.22. The first kappa shape index (κ1) is 26.2. The first-order valence-corrected chi connectivity index (χ1v) is 12.0. The number of rotatable bonds is 8. The molecule has 0 bridgehead atoms. The second-order valence-electron chi connectivity index (χ2n) is 8.22. The van der Waals surface area contributed by atoms with E-state index in [2.05, 4.69) is 17.3 Å². The van der Waals surface area contributed by atoms with Crippen molar-refractivity contribution >= 4 is 40.5 Å². The number of Topliss-reactive ketones (excluding diaryl/α,β-unsaturated/α-hetero) is 1. The Morgan fingerprint density at radius 1 is 1.12 bits per heavy atom. The van der Waals surface area contributed by atoms with Gasteiger partial charge in [-0.15, -0.1) is 11.3 Å². The number of nitrogens with one attached hydrogen (secondary N) is 2. The maximum Gasteiger partial charge on any atom is 0.471 e. The zero-order valence-electron chi connectivity index (χ0n) is 18.5. The Labute approximate surface area is 204 Å². The van der Waals surface area contributed by atoms with Crippen LogP contribution in [0.1, 0.15) is 32.8 Å². The minimum atomic E-state index is -5.02. The van der Waals surface area contributed by atoms with Gasteiger partial charge in [0.15, 0.2) is 5.78 Å². The molecule has 1 aliphatic heterocycles. The molecule has 0 fully saturated rings. The Morgan fingerprint density at radius 3 is 2.47 bits per heavy atom. The van der Waals surface area contributed by atoms with Crippen LogP contribution in [0.25, 0.3) is 0 Å². The lowest BCUT2D eigenvalue weighted by Crippen LogP contribution is -2.45. The number of alkyl halides is 3. The molecule has 0 unspecified atom stereocenters. The smallest absolute Gasteiger partial charge is 0.348 e. The van der Waals surface area contributed by atoms with Crippen LogP contribution in [0.4, 0.5) is 13.2 Å². The molecule has 0 saturated carbocycles. The van der Waals surface area contributed by atoms with Gasteiger partial charge in [-0.05, 0) is 55.1 Å². The molecular weight excluding hydrogens is 491 g/mol. The number of halogens is 4. The lowest BCUT2D eigenvalue weighted by atomic mass is 9.95. The minimum Gasteiger partial charge on any atom is -0.348 e. The SMILES string of the molecule is CN1CCc2ccc(CC(=O)[C@@H](CCNC(=O)C(F)(F)F)NC(=O)c3ccc(Cl)s3)cc2CC1. The molecule has 2 aromatic rings. The van der Waals surface area contributed by atoms with Crippen molar-refractivity contribution in [3.8, 4) is 0 Å². The van der Waals surface area contributed by atoms with Crippen LogP contribution < -0.4 is 10.6 Å². The van der Waals surface area contributed by atoms with Crippen LogP contribution in [0, 0.1) is 0 Å². The third-order valence-corrected chi connectivity index (χ3v) is 6.87. The molecule has 1 aromatic carbocycles. The molecular formula is C23H25ClF3N3O3S. The van der Waals surface area contributed by atoms with E-state index in [1.807, 2.05) is 18.2 Å². The Kier molecular flexibility index (Phi) is 8.72. The van der Waals surface area contributed by atoms with Gasteiger partial charge in [0.05, 0.1) is 15.3 Å². The molecule has 2 N–H and O–H groups in total. The predicted molar refractivity (Wildman–Crippen MR) is 124 cm³/mol. The van der Waals surface area contributed by atoms with E-state index >= 15 is 0 Å². The third kappa shape index (κ3) is 7.28. The highest BCUT2D eigenvalue weighted by atomic mass is 35.5. The number of hydrogen-bond acceptors (Lipinski definition) is 5. The van der Waals surface area contributed by atoms with Gasteiger partial charge in [-0.25, -0.2) is 0 Å². The van der Waals surface area contributed by atoms with Gasteiger partial charge in [0, 0.05) is 26.1 Å². The van der Waals surface area contributed by atoms with Gasteiger partial charge in [0.1, 0.15) is 0 Å². The number of benzene rings is 1. The molecule has 2 heterocycles. The summed E-state index contributed by atoms with van der Waals surface area (Å²) in [6, 6.07) is 7.81. The van der Waals surface area contributed by atoms with Gasteiger partial charge < -0.3 is 15.5 Å². The van der Waals surface area contributed by atoms with Crippen molar-refractivity contribution in [3.63, 3.8) is 0 Å². The number of likely N-dealkylation sites (N-methyl/N-ethyl adjacent to an activating group) is 1. The lowest BCUT2D eigenvalue weighted by molar-refractivity contribution is -0.173. The van der Waals surface area contributed by atoms with Crippen LogP contribution in [0.3, 0.4) is 0 Å². The van der Waals surface area contributed by atoms with Crippen LogP contribution in [-0.4, -0.2) is 61.4 Å². The number of thiophene rings is 1. The molecule has 0 radical (unpaired) electrons. The lowest BCUT2D eigenvalue weighted by Gasteiger charge is -2.18. The van der Waals surface area contributed by atoms with Gasteiger partial charge >= 0.3 is 12.1 Å². The van der Waals surface area contributed by atoms with Crippen molar-refractivity contribution < 1.29 is 27.6 Å². The Hall–Kier alpha value is -2.43. The van der Waals surface area contributed by atoms with Gasteiger partial charge in [0.2, 0.25) is 0 Å². The standard InChI is InChI=1S/C23H25ClF3N3O3S/c1-30-10-7-15-3-2-14(12-16(15)8-11-30)13-18(31)17(6-9-28-22(33)23(25,26)27)29-21(32)19-4-5-20(24)34-19/h2-5,12,17H,6-11,13H2,1H3,(H,28,33)(H,29,32)/t17-/m1/s1. The molecule has 184 valence electrons. The molecule has 0 aliphatic carbocycles. The molecule has 0 spiro atoms. The highest BCUT2D eigenvalue weighted by molar-refractivity contribution is 7.18. The summed E-state index contributed by atoms with van der Waals surface area (Å²) < 4.78 is 37.8. The van der Waals surface area contributed by atoms with Crippen molar-refractivity contribution in [3.05, 3.63) is 56.2 Å². The maximum atomic E-state index is 13.1. The van der Waals surface area contributed by atoms with Crippen LogP contribution in [0.2, 0.25) is 4.34 Å². The maximum absolute atomic E-state index is 13.1. The topological polar surface area (TPSA) is 78.5 Å². The predicted octanol–water partition coefficient (Wildman–Crippen LogP) is 3.41. The first-order chi connectivity index (χ1) is 16.0. The zero-order chi connectivity index (χ0) is 24.9. The summed E-state index contributed by atoms with van der Waals surface area (Å²) >= 11 is 6.89. The van der Waals surface area contributed by atoms with Crippen molar-refractivity contribution in [2.24, 2.45) is 0 Å². The molecule has 6 nitrogen and oxygen atoms in total. The van der Waals surface area contributed by atoms with E-state index < -0.39 is 30.6 Å². The average Bonchev–Trinajstić information content (AvgIpc) is 3.12. The molecule has 0 saturated heterocycles. The van der Waals surface area contributed by atoms with Gasteiger partial charge in [-0.2, -0.15) is 13.2 Å².